The summed E-state index contributed by atoms with van der Waals surface area (Å²) in [4.78, 5) is 26.9. The van der Waals surface area contributed by atoms with Crippen LogP contribution in [0.4, 0.5) is 0 Å². The molecule has 0 aliphatic heterocycles. The molecule has 0 radical (unpaired) electrons. The maximum atomic E-state index is 12.3. The van der Waals surface area contributed by atoms with Gasteiger partial charge in [-0.25, -0.2) is 0 Å². The van der Waals surface area contributed by atoms with E-state index in [0.29, 0.717) is 21.5 Å². The number of thiophene rings is 1. The van der Waals surface area contributed by atoms with E-state index in [0.717, 1.165) is 30.0 Å². The van der Waals surface area contributed by atoms with Gasteiger partial charge in [-0.15, -0.1) is 11.3 Å². The molecule has 3 aromatic rings. The van der Waals surface area contributed by atoms with Crippen molar-refractivity contribution in [2.24, 2.45) is 0 Å². The van der Waals surface area contributed by atoms with Crippen LogP contribution in [0.1, 0.15) is 37.7 Å². The van der Waals surface area contributed by atoms with Gasteiger partial charge in [-0.05, 0) is 48.7 Å². The van der Waals surface area contributed by atoms with Crippen LogP contribution in [0.5, 0.6) is 0 Å². The highest BCUT2D eigenvalue weighted by molar-refractivity contribution is 7.14. The molecule has 8 heteroatoms. The van der Waals surface area contributed by atoms with Crippen LogP contribution in [0.25, 0.3) is 0 Å². The molecule has 0 atom stereocenters. The van der Waals surface area contributed by atoms with Crippen molar-refractivity contribution in [2.45, 2.75) is 32.9 Å². The number of aryl methyl sites for hydroxylation is 1. The van der Waals surface area contributed by atoms with Gasteiger partial charge in [-0.2, -0.15) is 0 Å². The van der Waals surface area contributed by atoms with Crippen LogP contribution in [0.2, 0.25) is 10.0 Å². The molecule has 174 valence electrons. The van der Waals surface area contributed by atoms with E-state index in [9.17, 15) is 9.59 Å². The summed E-state index contributed by atoms with van der Waals surface area (Å²) in [6.07, 6.45) is 0.678. The van der Waals surface area contributed by atoms with Gasteiger partial charge in [-0.1, -0.05) is 59.1 Å². The smallest absolute Gasteiger partial charge is 0.305 e. The lowest BCUT2D eigenvalue weighted by Crippen LogP contribution is -2.25. The van der Waals surface area contributed by atoms with E-state index in [2.05, 4.69) is 41.4 Å². The van der Waals surface area contributed by atoms with Gasteiger partial charge in [0.2, 0.25) is 0 Å². The van der Waals surface area contributed by atoms with E-state index in [1.807, 2.05) is 18.2 Å². The van der Waals surface area contributed by atoms with Crippen LogP contribution < -0.4 is 5.32 Å². The molecule has 1 aromatic heterocycles. The van der Waals surface area contributed by atoms with Gasteiger partial charge in [0.15, 0.2) is 0 Å². The van der Waals surface area contributed by atoms with Crippen LogP contribution >= 0.6 is 34.5 Å². The van der Waals surface area contributed by atoms with Crippen molar-refractivity contribution in [1.29, 1.82) is 0 Å². The fourth-order valence-electron chi connectivity index (χ4n) is 3.34. The number of carboxylic acids is 1. The van der Waals surface area contributed by atoms with Gasteiger partial charge in [0.05, 0.1) is 11.3 Å². The number of halogens is 2. The van der Waals surface area contributed by atoms with Crippen molar-refractivity contribution < 1.29 is 14.7 Å². The topological polar surface area (TPSA) is 69.6 Å². The standard InChI is InChI=1S/C25H26Cl2N2O3S/c1-17-2-4-18(5-3-17)15-29(13-11-19-6-7-20(26)14-22(19)27)16-21-8-9-23(33-21)25(32)28-12-10-24(30)31/h2-9,14H,10-13,15-16H2,1H3,(H,28,32)(H,30,31). The van der Waals surface area contributed by atoms with Crippen LogP contribution in [0, 0.1) is 6.92 Å². The van der Waals surface area contributed by atoms with Crippen LogP contribution in [-0.2, 0) is 24.3 Å². The molecule has 33 heavy (non-hydrogen) atoms. The average molecular weight is 505 g/mol. The first-order valence-electron chi connectivity index (χ1n) is 10.6. The summed E-state index contributed by atoms with van der Waals surface area (Å²) in [6, 6.07) is 17.8. The minimum atomic E-state index is -0.935. The van der Waals surface area contributed by atoms with E-state index in [1.165, 1.54) is 22.5 Å². The molecule has 0 unspecified atom stereocenters. The Morgan fingerprint density at radius 1 is 1.03 bits per heavy atom. The zero-order valence-electron chi connectivity index (χ0n) is 18.3. The highest BCUT2D eigenvalue weighted by Crippen LogP contribution is 2.23. The summed E-state index contributed by atoms with van der Waals surface area (Å²) in [5.41, 5.74) is 3.47. The van der Waals surface area contributed by atoms with Crippen LogP contribution in [0.15, 0.2) is 54.6 Å². The minimum Gasteiger partial charge on any atom is -0.481 e. The molecule has 1 heterocycles. The molecule has 0 spiro atoms. The Bertz CT molecular complexity index is 1100. The number of nitrogens with one attached hydrogen (secondary N) is 1. The van der Waals surface area contributed by atoms with Crippen molar-refractivity contribution >= 4 is 46.4 Å². The molecular weight excluding hydrogens is 479 g/mol. The van der Waals surface area contributed by atoms with Crippen molar-refractivity contribution in [3.05, 3.63) is 91.1 Å². The molecule has 0 aliphatic rings. The number of hydrogen-bond acceptors (Lipinski definition) is 4. The largest absolute Gasteiger partial charge is 0.481 e. The summed E-state index contributed by atoms with van der Waals surface area (Å²) >= 11 is 13.8. The fraction of sp³-hybridized carbons (Fsp3) is 0.280. The Morgan fingerprint density at radius 2 is 1.79 bits per heavy atom. The number of benzene rings is 2. The molecule has 0 saturated carbocycles. The summed E-state index contributed by atoms with van der Waals surface area (Å²) < 4.78 is 0. The van der Waals surface area contributed by atoms with Crippen molar-refractivity contribution in [3.8, 4) is 0 Å². The Labute approximate surface area is 208 Å². The molecular formula is C25H26Cl2N2O3S. The predicted molar refractivity (Wildman–Crippen MR) is 134 cm³/mol. The number of carbonyl (C=O) groups is 2. The average Bonchev–Trinajstić information content (AvgIpc) is 3.23. The van der Waals surface area contributed by atoms with Gasteiger partial charge in [-0.3, -0.25) is 14.5 Å². The first-order valence-corrected chi connectivity index (χ1v) is 12.2. The summed E-state index contributed by atoms with van der Waals surface area (Å²) in [5.74, 6) is -1.18. The molecule has 0 bridgehead atoms. The van der Waals surface area contributed by atoms with Crippen LogP contribution in [0.3, 0.4) is 0 Å². The second kappa shape index (κ2) is 12.2. The second-order valence-electron chi connectivity index (χ2n) is 7.85. The summed E-state index contributed by atoms with van der Waals surface area (Å²) in [5, 5.41) is 12.7. The molecule has 0 saturated heterocycles. The molecule has 0 aliphatic carbocycles. The molecule has 0 fully saturated rings. The Hall–Kier alpha value is -2.38. The van der Waals surface area contributed by atoms with Gasteiger partial charge < -0.3 is 10.4 Å². The lowest BCUT2D eigenvalue weighted by molar-refractivity contribution is -0.136. The van der Waals surface area contributed by atoms with Gasteiger partial charge in [0.25, 0.3) is 5.91 Å². The highest BCUT2D eigenvalue weighted by Gasteiger charge is 2.14. The van der Waals surface area contributed by atoms with E-state index in [1.54, 1.807) is 12.1 Å². The number of rotatable bonds is 11. The first-order chi connectivity index (χ1) is 15.8. The highest BCUT2D eigenvalue weighted by atomic mass is 35.5. The number of carbonyl (C=O) groups excluding carboxylic acids is 1. The van der Waals surface area contributed by atoms with Gasteiger partial charge in [0.1, 0.15) is 0 Å². The quantitative estimate of drug-likeness (QED) is 0.345. The summed E-state index contributed by atoms with van der Waals surface area (Å²) in [7, 11) is 0. The predicted octanol–water partition coefficient (Wildman–Crippen LogP) is 5.81. The maximum Gasteiger partial charge on any atom is 0.305 e. The van der Waals surface area contributed by atoms with E-state index in [4.69, 9.17) is 28.3 Å². The number of nitrogens with zero attached hydrogens (tertiary/aromatic N) is 1. The SMILES string of the molecule is Cc1ccc(CN(CCc2ccc(Cl)cc2Cl)Cc2ccc(C(=O)NCCC(=O)O)s2)cc1. The Morgan fingerprint density at radius 3 is 2.48 bits per heavy atom. The number of amides is 1. The zero-order chi connectivity index (χ0) is 23.8. The fourth-order valence-corrected chi connectivity index (χ4v) is 4.81. The van der Waals surface area contributed by atoms with E-state index < -0.39 is 5.97 Å². The molecule has 5 nitrogen and oxygen atoms in total. The van der Waals surface area contributed by atoms with Crippen molar-refractivity contribution in [2.75, 3.05) is 13.1 Å². The molecule has 2 N–H and O–H groups in total. The normalized spacial score (nSPS) is 11.0. The molecule has 1 amide bonds. The summed E-state index contributed by atoms with van der Waals surface area (Å²) in [6.45, 7) is 4.42. The first kappa shape index (κ1) is 25.2. The second-order valence-corrected chi connectivity index (χ2v) is 9.86. The molecule has 3 rings (SSSR count). The molecule has 2 aromatic carbocycles. The van der Waals surface area contributed by atoms with E-state index in [-0.39, 0.29) is 18.9 Å². The monoisotopic (exact) mass is 504 g/mol. The number of hydrogen-bond donors (Lipinski definition) is 2. The van der Waals surface area contributed by atoms with Crippen molar-refractivity contribution in [3.63, 3.8) is 0 Å². The third kappa shape index (κ3) is 8.16. The van der Waals surface area contributed by atoms with Crippen LogP contribution in [-0.4, -0.2) is 35.0 Å². The minimum absolute atomic E-state index is 0.0957. The maximum absolute atomic E-state index is 12.3. The van der Waals surface area contributed by atoms with Crippen molar-refractivity contribution in [1.82, 2.24) is 10.2 Å². The Balaban J connectivity index is 1.68. The Kier molecular flexibility index (Phi) is 9.32. The van der Waals surface area contributed by atoms with E-state index >= 15 is 0 Å². The third-order valence-electron chi connectivity index (χ3n) is 5.13. The number of carboxylic acid groups (broad SMARTS) is 1. The lowest BCUT2D eigenvalue weighted by Gasteiger charge is -2.22. The zero-order valence-corrected chi connectivity index (χ0v) is 20.6. The lowest BCUT2D eigenvalue weighted by atomic mass is 10.1. The number of aliphatic carboxylic acids is 1. The van der Waals surface area contributed by atoms with Gasteiger partial charge in [0, 0.05) is 41.1 Å². The van der Waals surface area contributed by atoms with Gasteiger partial charge >= 0.3 is 5.97 Å². The third-order valence-corrected chi connectivity index (χ3v) is 6.78.